The van der Waals surface area contributed by atoms with Crippen LogP contribution < -0.4 is 10.6 Å². The fourth-order valence-corrected chi connectivity index (χ4v) is 2.32. The van der Waals surface area contributed by atoms with Gasteiger partial charge in [0.2, 0.25) is 5.91 Å². The summed E-state index contributed by atoms with van der Waals surface area (Å²) >= 11 is 0. The minimum Gasteiger partial charge on any atom is -0.381 e. The van der Waals surface area contributed by atoms with E-state index in [1.54, 1.807) is 0 Å². The van der Waals surface area contributed by atoms with Gasteiger partial charge in [-0.1, -0.05) is 0 Å². The third-order valence-electron chi connectivity index (χ3n) is 3.78. The van der Waals surface area contributed by atoms with Crippen molar-refractivity contribution in [3.8, 4) is 0 Å². The first-order chi connectivity index (χ1) is 8.84. The number of hydrogen-bond donors (Lipinski definition) is 2. The summed E-state index contributed by atoms with van der Waals surface area (Å²) in [4.78, 5) is 11.6. The van der Waals surface area contributed by atoms with E-state index in [1.807, 2.05) is 0 Å². The molecule has 104 valence electrons. The third-order valence-corrected chi connectivity index (χ3v) is 3.78. The van der Waals surface area contributed by atoms with E-state index in [-0.39, 0.29) is 5.91 Å². The molecule has 0 aromatic rings. The lowest BCUT2D eigenvalue weighted by molar-refractivity contribution is -0.121. The number of ether oxygens (including phenoxy) is 1. The molecule has 0 bridgehead atoms. The van der Waals surface area contributed by atoms with Crippen LogP contribution in [-0.2, 0) is 9.53 Å². The maximum Gasteiger partial charge on any atom is 0.220 e. The minimum atomic E-state index is 0.198. The van der Waals surface area contributed by atoms with Gasteiger partial charge in [0.1, 0.15) is 0 Å². The highest BCUT2D eigenvalue weighted by Crippen LogP contribution is 2.28. The molecular formula is C14H26N2O2. The number of carbonyl (C=O) groups excluding carboxylic acids is 1. The number of carbonyl (C=O) groups is 1. The van der Waals surface area contributed by atoms with Crippen molar-refractivity contribution < 1.29 is 9.53 Å². The fraction of sp³-hybridized carbons (Fsp3) is 0.929. The van der Waals surface area contributed by atoms with Gasteiger partial charge in [-0.2, -0.15) is 0 Å². The van der Waals surface area contributed by atoms with Crippen molar-refractivity contribution in [3.63, 3.8) is 0 Å². The van der Waals surface area contributed by atoms with Crippen LogP contribution in [0.25, 0.3) is 0 Å². The van der Waals surface area contributed by atoms with Crippen LogP contribution in [0.5, 0.6) is 0 Å². The molecule has 18 heavy (non-hydrogen) atoms. The van der Waals surface area contributed by atoms with Crippen molar-refractivity contribution in [2.24, 2.45) is 11.8 Å². The SMILES string of the molecule is O=C(CCC1CCNC1)NCCCOCC1CC1. The molecule has 0 aromatic heterocycles. The lowest BCUT2D eigenvalue weighted by atomic mass is 10.0. The largest absolute Gasteiger partial charge is 0.381 e. The summed E-state index contributed by atoms with van der Waals surface area (Å²) in [6.45, 7) is 4.66. The summed E-state index contributed by atoms with van der Waals surface area (Å²) in [5.74, 6) is 1.74. The van der Waals surface area contributed by atoms with Gasteiger partial charge in [-0.25, -0.2) is 0 Å². The smallest absolute Gasteiger partial charge is 0.220 e. The van der Waals surface area contributed by atoms with E-state index in [9.17, 15) is 4.79 Å². The van der Waals surface area contributed by atoms with E-state index in [4.69, 9.17) is 4.74 Å². The second-order valence-electron chi connectivity index (χ2n) is 5.62. The van der Waals surface area contributed by atoms with Crippen LogP contribution in [0.3, 0.4) is 0 Å². The zero-order chi connectivity index (χ0) is 12.6. The lowest BCUT2D eigenvalue weighted by Crippen LogP contribution is -2.25. The van der Waals surface area contributed by atoms with Crippen LogP contribution in [0.4, 0.5) is 0 Å². The minimum absolute atomic E-state index is 0.198. The molecule has 2 N–H and O–H groups in total. The van der Waals surface area contributed by atoms with Crippen LogP contribution in [0, 0.1) is 11.8 Å². The molecule has 1 saturated heterocycles. The molecule has 0 spiro atoms. The summed E-state index contributed by atoms with van der Waals surface area (Å²) < 4.78 is 5.52. The van der Waals surface area contributed by atoms with Crippen LogP contribution in [-0.4, -0.2) is 38.8 Å². The maximum atomic E-state index is 11.6. The first kappa shape index (κ1) is 13.8. The van der Waals surface area contributed by atoms with Crippen molar-refractivity contribution in [1.29, 1.82) is 0 Å². The van der Waals surface area contributed by atoms with Gasteiger partial charge < -0.3 is 15.4 Å². The van der Waals surface area contributed by atoms with Gasteiger partial charge >= 0.3 is 0 Å². The van der Waals surface area contributed by atoms with E-state index in [0.29, 0.717) is 12.3 Å². The number of amides is 1. The van der Waals surface area contributed by atoms with Gasteiger partial charge in [0.05, 0.1) is 0 Å². The van der Waals surface area contributed by atoms with Gasteiger partial charge in [0.25, 0.3) is 0 Å². The molecule has 2 fully saturated rings. The highest BCUT2D eigenvalue weighted by molar-refractivity contribution is 5.75. The summed E-state index contributed by atoms with van der Waals surface area (Å²) in [6, 6.07) is 0. The molecule has 1 atom stereocenters. The van der Waals surface area contributed by atoms with E-state index < -0.39 is 0 Å². The molecule has 0 radical (unpaired) electrons. The maximum absolute atomic E-state index is 11.6. The van der Waals surface area contributed by atoms with E-state index in [0.717, 1.165) is 51.6 Å². The monoisotopic (exact) mass is 254 g/mol. The van der Waals surface area contributed by atoms with Crippen molar-refractivity contribution >= 4 is 5.91 Å². The first-order valence-electron chi connectivity index (χ1n) is 7.40. The van der Waals surface area contributed by atoms with Gasteiger partial charge in [0.15, 0.2) is 0 Å². The highest BCUT2D eigenvalue weighted by atomic mass is 16.5. The Morgan fingerprint density at radius 3 is 2.89 bits per heavy atom. The van der Waals surface area contributed by atoms with Crippen LogP contribution in [0.2, 0.25) is 0 Å². The predicted molar refractivity (Wildman–Crippen MR) is 71.4 cm³/mol. The molecule has 2 aliphatic rings. The van der Waals surface area contributed by atoms with Crippen molar-refractivity contribution in [3.05, 3.63) is 0 Å². The fourth-order valence-electron chi connectivity index (χ4n) is 2.32. The molecule has 1 unspecified atom stereocenters. The summed E-state index contributed by atoms with van der Waals surface area (Å²) in [5.41, 5.74) is 0. The molecule has 1 heterocycles. The summed E-state index contributed by atoms with van der Waals surface area (Å²) in [6.07, 6.45) is 6.54. The number of nitrogens with one attached hydrogen (secondary N) is 2. The second kappa shape index (κ2) is 7.74. The quantitative estimate of drug-likeness (QED) is 0.610. The van der Waals surface area contributed by atoms with E-state index in [2.05, 4.69) is 10.6 Å². The molecule has 1 aliphatic heterocycles. The second-order valence-corrected chi connectivity index (χ2v) is 5.62. The molecule has 1 amide bonds. The molecular weight excluding hydrogens is 228 g/mol. The lowest BCUT2D eigenvalue weighted by Gasteiger charge is -2.08. The number of hydrogen-bond acceptors (Lipinski definition) is 3. The van der Waals surface area contributed by atoms with Gasteiger partial charge in [0, 0.05) is 26.2 Å². The van der Waals surface area contributed by atoms with Crippen LogP contribution >= 0.6 is 0 Å². The Balaban J connectivity index is 1.37. The molecule has 4 nitrogen and oxygen atoms in total. The van der Waals surface area contributed by atoms with Crippen molar-refractivity contribution in [2.45, 2.75) is 38.5 Å². The van der Waals surface area contributed by atoms with Crippen molar-refractivity contribution in [2.75, 3.05) is 32.8 Å². The average molecular weight is 254 g/mol. The molecule has 4 heteroatoms. The van der Waals surface area contributed by atoms with E-state index >= 15 is 0 Å². The van der Waals surface area contributed by atoms with Crippen molar-refractivity contribution in [1.82, 2.24) is 10.6 Å². The summed E-state index contributed by atoms with van der Waals surface area (Å²) in [5, 5.41) is 6.30. The molecule has 2 rings (SSSR count). The number of rotatable bonds is 9. The zero-order valence-electron chi connectivity index (χ0n) is 11.2. The Morgan fingerprint density at radius 1 is 1.28 bits per heavy atom. The first-order valence-corrected chi connectivity index (χ1v) is 7.40. The topological polar surface area (TPSA) is 50.4 Å². The zero-order valence-corrected chi connectivity index (χ0v) is 11.2. The Bertz CT molecular complexity index is 248. The standard InChI is InChI=1S/C14H26N2O2/c17-14(5-4-12-6-8-15-10-12)16-7-1-9-18-11-13-2-3-13/h12-13,15H,1-11H2,(H,16,17). The summed E-state index contributed by atoms with van der Waals surface area (Å²) in [7, 11) is 0. The molecule has 1 saturated carbocycles. The average Bonchev–Trinajstić information content (AvgIpc) is 3.04. The van der Waals surface area contributed by atoms with E-state index in [1.165, 1.54) is 19.3 Å². The Labute approximate surface area is 110 Å². The van der Waals surface area contributed by atoms with Gasteiger partial charge in [-0.3, -0.25) is 4.79 Å². The Hall–Kier alpha value is -0.610. The van der Waals surface area contributed by atoms with Gasteiger partial charge in [-0.15, -0.1) is 0 Å². The van der Waals surface area contributed by atoms with Crippen LogP contribution in [0.1, 0.15) is 38.5 Å². The highest BCUT2D eigenvalue weighted by Gasteiger charge is 2.20. The third kappa shape index (κ3) is 5.83. The Morgan fingerprint density at radius 2 is 2.17 bits per heavy atom. The molecule has 1 aliphatic carbocycles. The van der Waals surface area contributed by atoms with Crippen LogP contribution in [0.15, 0.2) is 0 Å². The van der Waals surface area contributed by atoms with Gasteiger partial charge in [-0.05, 0) is 57.0 Å². The Kier molecular flexibility index (Phi) is 5.94. The molecule has 0 aromatic carbocycles. The predicted octanol–water partition coefficient (Wildman–Crippen LogP) is 1.31. The normalized spacial score (nSPS) is 23.2.